The molecule has 0 radical (unpaired) electrons. The number of halogens is 2. The molecule has 1 saturated heterocycles. The van der Waals surface area contributed by atoms with E-state index in [4.69, 9.17) is 5.73 Å². The SMILES string of the molecule is CC(C)Cc1nc(C(=O)N2CCCC(N)C2)cs1.Cl.Cl. The highest BCUT2D eigenvalue weighted by molar-refractivity contribution is 7.09. The van der Waals surface area contributed by atoms with Gasteiger partial charge in [-0.1, -0.05) is 13.8 Å². The van der Waals surface area contributed by atoms with E-state index >= 15 is 0 Å². The maximum Gasteiger partial charge on any atom is 0.273 e. The molecule has 0 spiro atoms. The number of carbonyl (C=O) groups excluding carboxylic acids is 1. The minimum Gasteiger partial charge on any atom is -0.336 e. The van der Waals surface area contributed by atoms with Gasteiger partial charge < -0.3 is 10.6 Å². The molecule has 1 atom stereocenters. The number of thiazole rings is 1. The van der Waals surface area contributed by atoms with Gasteiger partial charge in [0.15, 0.2) is 0 Å². The molecule has 20 heavy (non-hydrogen) atoms. The van der Waals surface area contributed by atoms with Crippen LogP contribution in [0.15, 0.2) is 5.38 Å². The van der Waals surface area contributed by atoms with Gasteiger partial charge in [-0.2, -0.15) is 0 Å². The Kier molecular flexibility index (Phi) is 8.66. The van der Waals surface area contributed by atoms with Crippen molar-refractivity contribution in [3.63, 3.8) is 0 Å². The number of hydrogen-bond donors (Lipinski definition) is 1. The molecule has 1 aliphatic heterocycles. The molecule has 116 valence electrons. The summed E-state index contributed by atoms with van der Waals surface area (Å²) in [6.07, 6.45) is 2.95. The van der Waals surface area contributed by atoms with E-state index in [1.54, 1.807) is 11.3 Å². The van der Waals surface area contributed by atoms with E-state index in [9.17, 15) is 4.79 Å². The first-order chi connectivity index (χ1) is 8.56. The van der Waals surface area contributed by atoms with E-state index in [2.05, 4.69) is 18.8 Å². The lowest BCUT2D eigenvalue weighted by molar-refractivity contribution is 0.0703. The quantitative estimate of drug-likeness (QED) is 0.920. The molecule has 1 aromatic heterocycles. The van der Waals surface area contributed by atoms with Crippen LogP contribution in [0.4, 0.5) is 0 Å². The average Bonchev–Trinajstić information content (AvgIpc) is 2.75. The van der Waals surface area contributed by atoms with Crippen LogP contribution in [0.2, 0.25) is 0 Å². The number of nitrogens with two attached hydrogens (primary N) is 1. The number of hydrogen-bond acceptors (Lipinski definition) is 4. The minimum atomic E-state index is 0. The van der Waals surface area contributed by atoms with Crippen molar-refractivity contribution in [1.29, 1.82) is 0 Å². The highest BCUT2D eigenvalue weighted by Gasteiger charge is 2.24. The summed E-state index contributed by atoms with van der Waals surface area (Å²) in [6.45, 7) is 5.79. The molecule has 1 aromatic rings. The smallest absolute Gasteiger partial charge is 0.273 e. The maximum atomic E-state index is 12.3. The molecule has 7 heteroatoms. The fraction of sp³-hybridized carbons (Fsp3) is 0.692. The Labute approximate surface area is 137 Å². The van der Waals surface area contributed by atoms with Gasteiger partial charge in [0.25, 0.3) is 5.91 Å². The fourth-order valence-electron chi connectivity index (χ4n) is 2.21. The largest absolute Gasteiger partial charge is 0.336 e. The molecule has 0 aromatic carbocycles. The first kappa shape index (κ1) is 19.6. The van der Waals surface area contributed by atoms with Gasteiger partial charge in [-0.3, -0.25) is 4.79 Å². The van der Waals surface area contributed by atoms with E-state index < -0.39 is 0 Å². The molecular weight excluding hydrogens is 317 g/mol. The van der Waals surface area contributed by atoms with Crippen molar-refractivity contribution >= 4 is 42.1 Å². The zero-order chi connectivity index (χ0) is 13.1. The Morgan fingerprint density at radius 3 is 2.85 bits per heavy atom. The number of carbonyl (C=O) groups is 1. The Hall–Kier alpha value is -0.360. The molecule has 1 unspecified atom stereocenters. The third kappa shape index (κ3) is 5.20. The van der Waals surface area contributed by atoms with Crippen molar-refractivity contribution in [2.24, 2.45) is 11.7 Å². The van der Waals surface area contributed by atoms with Crippen LogP contribution in [-0.4, -0.2) is 34.9 Å². The van der Waals surface area contributed by atoms with Crippen molar-refractivity contribution < 1.29 is 4.79 Å². The Bertz CT molecular complexity index is 426. The van der Waals surface area contributed by atoms with Crippen molar-refractivity contribution in [1.82, 2.24) is 9.88 Å². The summed E-state index contributed by atoms with van der Waals surface area (Å²) in [5, 5.41) is 2.93. The summed E-state index contributed by atoms with van der Waals surface area (Å²) in [6, 6.07) is 0.122. The zero-order valence-corrected chi connectivity index (χ0v) is 14.3. The number of amides is 1. The fourth-order valence-corrected chi connectivity index (χ4v) is 3.19. The van der Waals surface area contributed by atoms with Gasteiger partial charge in [0.05, 0.1) is 5.01 Å². The van der Waals surface area contributed by atoms with E-state index in [0.29, 0.717) is 18.2 Å². The number of piperidine rings is 1. The lowest BCUT2D eigenvalue weighted by atomic mass is 10.1. The molecule has 2 heterocycles. The Morgan fingerprint density at radius 1 is 1.55 bits per heavy atom. The van der Waals surface area contributed by atoms with Crippen LogP contribution in [0, 0.1) is 5.92 Å². The summed E-state index contributed by atoms with van der Waals surface area (Å²) < 4.78 is 0. The number of nitrogens with zero attached hydrogens (tertiary/aromatic N) is 2. The van der Waals surface area contributed by atoms with Crippen molar-refractivity contribution in [3.05, 3.63) is 16.1 Å². The predicted molar refractivity (Wildman–Crippen MR) is 88.3 cm³/mol. The monoisotopic (exact) mass is 339 g/mol. The third-order valence-corrected chi connectivity index (χ3v) is 3.97. The van der Waals surface area contributed by atoms with Gasteiger partial charge in [-0.25, -0.2) is 4.98 Å². The highest BCUT2D eigenvalue weighted by atomic mass is 35.5. The van der Waals surface area contributed by atoms with Crippen LogP contribution in [0.25, 0.3) is 0 Å². The van der Waals surface area contributed by atoms with E-state index in [1.165, 1.54) is 0 Å². The molecule has 1 aliphatic rings. The first-order valence-electron chi connectivity index (χ1n) is 6.55. The second-order valence-electron chi connectivity index (χ2n) is 5.38. The van der Waals surface area contributed by atoms with Gasteiger partial charge >= 0.3 is 0 Å². The maximum absolute atomic E-state index is 12.3. The minimum absolute atomic E-state index is 0. The third-order valence-electron chi connectivity index (χ3n) is 3.10. The number of likely N-dealkylation sites (tertiary alicyclic amines) is 1. The first-order valence-corrected chi connectivity index (χ1v) is 7.43. The molecule has 2 rings (SSSR count). The van der Waals surface area contributed by atoms with E-state index in [-0.39, 0.29) is 36.8 Å². The van der Waals surface area contributed by atoms with Crippen LogP contribution >= 0.6 is 36.2 Å². The predicted octanol–water partition coefficient (Wildman–Crippen LogP) is 2.75. The molecular formula is C13H23Cl2N3OS. The molecule has 1 fully saturated rings. The highest BCUT2D eigenvalue weighted by Crippen LogP contribution is 2.17. The summed E-state index contributed by atoms with van der Waals surface area (Å²) in [5.74, 6) is 0.610. The molecule has 1 amide bonds. The Balaban J connectivity index is 0.00000180. The van der Waals surface area contributed by atoms with Gasteiger partial charge in [0.1, 0.15) is 5.69 Å². The molecule has 4 nitrogen and oxygen atoms in total. The van der Waals surface area contributed by atoms with Crippen molar-refractivity contribution in [2.45, 2.75) is 39.2 Å². The van der Waals surface area contributed by atoms with Crippen LogP contribution in [0.5, 0.6) is 0 Å². The van der Waals surface area contributed by atoms with E-state index in [0.717, 1.165) is 30.8 Å². The number of aromatic nitrogens is 1. The normalized spacial score (nSPS) is 18.4. The van der Waals surface area contributed by atoms with Crippen molar-refractivity contribution in [3.8, 4) is 0 Å². The second-order valence-corrected chi connectivity index (χ2v) is 6.32. The Morgan fingerprint density at radius 2 is 2.25 bits per heavy atom. The van der Waals surface area contributed by atoms with Gasteiger partial charge in [-0.15, -0.1) is 36.2 Å². The lowest BCUT2D eigenvalue weighted by Gasteiger charge is -2.30. The standard InChI is InChI=1S/C13H21N3OS.2ClH/c1-9(2)6-12-15-11(8-18-12)13(17)16-5-3-4-10(14)7-16;;/h8-10H,3-7,14H2,1-2H3;2*1H. The van der Waals surface area contributed by atoms with Gasteiger partial charge in [0, 0.05) is 30.9 Å². The topological polar surface area (TPSA) is 59.2 Å². The van der Waals surface area contributed by atoms with Crippen LogP contribution < -0.4 is 5.73 Å². The zero-order valence-electron chi connectivity index (χ0n) is 11.9. The average molecular weight is 340 g/mol. The summed E-state index contributed by atoms with van der Waals surface area (Å²) in [4.78, 5) is 18.5. The molecule has 0 bridgehead atoms. The lowest BCUT2D eigenvalue weighted by Crippen LogP contribution is -2.45. The van der Waals surface area contributed by atoms with Crippen LogP contribution in [0.3, 0.4) is 0 Å². The van der Waals surface area contributed by atoms with E-state index in [1.807, 2.05) is 10.3 Å². The molecule has 0 saturated carbocycles. The molecule has 0 aliphatic carbocycles. The van der Waals surface area contributed by atoms with Crippen LogP contribution in [0.1, 0.15) is 42.2 Å². The van der Waals surface area contributed by atoms with Crippen LogP contribution in [-0.2, 0) is 6.42 Å². The summed E-state index contributed by atoms with van der Waals surface area (Å²) >= 11 is 1.58. The van der Waals surface area contributed by atoms with Crippen molar-refractivity contribution in [2.75, 3.05) is 13.1 Å². The molecule has 2 N–H and O–H groups in total. The second kappa shape index (κ2) is 8.82. The number of rotatable bonds is 3. The summed E-state index contributed by atoms with van der Waals surface area (Å²) in [7, 11) is 0. The van der Waals surface area contributed by atoms with Gasteiger partial charge in [-0.05, 0) is 18.8 Å². The van der Waals surface area contributed by atoms with Gasteiger partial charge in [0.2, 0.25) is 0 Å². The summed E-state index contributed by atoms with van der Waals surface area (Å²) in [5.41, 5.74) is 6.49.